The summed E-state index contributed by atoms with van der Waals surface area (Å²) in [4.78, 5) is 28.2. The van der Waals surface area contributed by atoms with Gasteiger partial charge >= 0.3 is 6.16 Å². The molecule has 0 N–H and O–H groups in total. The van der Waals surface area contributed by atoms with E-state index in [-0.39, 0.29) is 38.1 Å². The Morgan fingerprint density at radius 1 is 0.911 bits per heavy atom. The normalized spacial score (nSPS) is 19.5. The van der Waals surface area contributed by atoms with Crippen LogP contribution >= 0.6 is 0 Å². The number of β-lactam (4-membered cyclic amide) rings is 1. The zero-order valence-electron chi connectivity index (χ0n) is 25.9. The summed E-state index contributed by atoms with van der Waals surface area (Å²) in [5.41, 5.74) is 3.46. The van der Waals surface area contributed by atoms with Gasteiger partial charge in [-0.1, -0.05) is 61.2 Å². The fourth-order valence-electron chi connectivity index (χ4n) is 5.87. The van der Waals surface area contributed by atoms with Crippen LogP contribution in [0.3, 0.4) is 0 Å². The third-order valence-electron chi connectivity index (χ3n) is 8.25. The molecule has 0 bridgehead atoms. The van der Waals surface area contributed by atoms with Crippen molar-refractivity contribution in [2.75, 3.05) is 34.0 Å². The van der Waals surface area contributed by atoms with Gasteiger partial charge in [0.05, 0.1) is 45.4 Å². The molecule has 3 atom stereocenters. The van der Waals surface area contributed by atoms with E-state index in [4.69, 9.17) is 28.4 Å². The third-order valence-corrected chi connectivity index (χ3v) is 8.25. The van der Waals surface area contributed by atoms with Gasteiger partial charge in [0.15, 0.2) is 6.29 Å². The van der Waals surface area contributed by atoms with Crippen LogP contribution in [0.25, 0.3) is 0 Å². The molecule has 9 heteroatoms. The molecule has 1 amide bonds. The number of ether oxygens (including phenoxy) is 6. The number of hydrogen-bond donors (Lipinski definition) is 0. The summed E-state index contributed by atoms with van der Waals surface area (Å²) in [6.07, 6.45) is 2.14. The Balaban J connectivity index is 1.34. The van der Waals surface area contributed by atoms with Crippen LogP contribution in [0.4, 0.5) is 4.79 Å². The van der Waals surface area contributed by atoms with E-state index in [1.165, 1.54) is 0 Å². The van der Waals surface area contributed by atoms with Crippen molar-refractivity contribution >= 4 is 12.1 Å². The first-order valence-electron chi connectivity index (χ1n) is 15.3. The minimum atomic E-state index is -0.773. The highest BCUT2D eigenvalue weighted by Crippen LogP contribution is 2.44. The van der Waals surface area contributed by atoms with E-state index in [2.05, 4.69) is 6.58 Å². The Bertz CT molecular complexity index is 1360. The van der Waals surface area contributed by atoms with Crippen molar-refractivity contribution in [2.24, 2.45) is 5.92 Å². The zero-order chi connectivity index (χ0) is 31.6. The maximum Gasteiger partial charge on any atom is 0.508 e. The van der Waals surface area contributed by atoms with Crippen molar-refractivity contribution in [3.05, 3.63) is 108 Å². The van der Waals surface area contributed by atoms with Crippen LogP contribution in [0.1, 0.15) is 48.4 Å². The van der Waals surface area contributed by atoms with Gasteiger partial charge in [0.1, 0.15) is 18.1 Å². The van der Waals surface area contributed by atoms with Crippen molar-refractivity contribution in [2.45, 2.75) is 50.7 Å². The van der Waals surface area contributed by atoms with Crippen LogP contribution in [0.2, 0.25) is 0 Å². The number of nitrogens with zero attached hydrogens (tertiary/aromatic N) is 1. The molecular formula is C36H41NO8. The van der Waals surface area contributed by atoms with Gasteiger partial charge in [-0.15, -0.1) is 0 Å². The number of methoxy groups -OCH3 is 2. The maximum atomic E-state index is 14.0. The Labute approximate surface area is 264 Å². The summed E-state index contributed by atoms with van der Waals surface area (Å²) in [6.45, 7) is 5.44. The Hall–Kier alpha value is -4.34. The molecule has 2 fully saturated rings. The van der Waals surface area contributed by atoms with Crippen molar-refractivity contribution in [1.29, 1.82) is 0 Å². The molecule has 5 rings (SSSR count). The van der Waals surface area contributed by atoms with Gasteiger partial charge in [-0.25, -0.2) is 4.79 Å². The van der Waals surface area contributed by atoms with E-state index in [1.807, 2.05) is 83.8 Å². The van der Waals surface area contributed by atoms with Gasteiger partial charge < -0.3 is 33.3 Å². The van der Waals surface area contributed by atoms with E-state index in [0.717, 1.165) is 53.0 Å². The minimum absolute atomic E-state index is 0.0317. The molecular weight excluding hydrogens is 574 g/mol. The van der Waals surface area contributed by atoms with Crippen molar-refractivity contribution in [3.8, 4) is 11.5 Å². The van der Waals surface area contributed by atoms with Crippen LogP contribution in [-0.2, 0) is 30.3 Å². The van der Waals surface area contributed by atoms with Crippen LogP contribution in [0.5, 0.6) is 11.5 Å². The van der Waals surface area contributed by atoms with Gasteiger partial charge in [-0.2, -0.15) is 0 Å². The maximum absolute atomic E-state index is 14.0. The number of carbonyl (C=O) groups is 2. The lowest BCUT2D eigenvalue weighted by Gasteiger charge is -2.52. The minimum Gasteiger partial charge on any atom is -0.497 e. The lowest BCUT2D eigenvalue weighted by atomic mass is 9.77. The summed E-state index contributed by atoms with van der Waals surface area (Å²) >= 11 is 0. The quantitative estimate of drug-likeness (QED) is 0.116. The summed E-state index contributed by atoms with van der Waals surface area (Å²) in [5.74, 6) is 0.929. The topological polar surface area (TPSA) is 92.8 Å². The monoisotopic (exact) mass is 615 g/mol. The van der Waals surface area contributed by atoms with E-state index < -0.39 is 18.1 Å². The Morgan fingerprint density at radius 2 is 1.56 bits per heavy atom. The van der Waals surface area contributed by atoms with E-state index in [9.17, 15) is 9.59 Å². The molecule has 238 valence electrons. The van der Waals surface area contributed by atoms with Gasteiger partial charge in [0.25, 0.3) is 0 Å². The molecule has 2 heterocycles. The van der Waals surface area contributed by atoms with E-state index in [0.29, 0.717) is 13.0 Å². The fraction of sp³-hybridized carbons (Fsp3) is 0.389. The molecule has 3 aromatic rings. The molecule has 45 heavy (non-hydrogen) atoms. The van der Waals surface area contributed by atoms with Gasteiger partial charge in [0.2, 0.25) is 5.91 Å². The summed E-state index contributed by atoms with van der Waals surface area (Å²) in [5, 5.41) is 0. The molecule has 0 saturated carbocycles. The number of amides is 1. The van der Waals surface area contributed by atoms with Crippen molar-refractivity contribution in [3.63, 3.8) is 0 Å². The van der Waals surface area contributed by atoms with E-state index >= 15 is 0 Å². The van der Waals surface area contributed by atoms with Gasteiger partial charge in [-0.05, 0) is 72.2 Å². The SMILES string of the molecule is C=C(CO[C@@H]1CCCCO1)[C@@H]1[C@H](CCOC(=O)OCc2ccccc2)C(=O)N1C(c1ccc(OC)cc1)c1ccc(OC)cc1. The second-order valence-corrected chi connectivity index (χ2v) is 11.2. The largest absolute Gasteiger partial charge is 0.508 e. The molecule has 0 spiro atoms. The fourth-order valence-corrected chi connectivity index (χ4v) is 5.87. The first-order chi connectivity index (χ1) is 22.0. The molecule has 0 unspecified atom stereocenters. The van der Waals surface area contributed by atoms with Crippen molar-refractivity contribution in [1.82, 2.24) is 4.90 Å². The average Bonchev–Trinajstić information content (AvgIpc) is 3.09. The second-order valence-electron chi connectivity index (χ2n) is 11.2. The lowest BCUT2D eigenvalue weighted by Crippen LogP contribution is -2.63. The highest BCUT2D eigenvalue weighted by molar-refractivity contribution is 5.88. The predicted molar refractivity (Wildman–Crippen MR) is 168 cm³/mol. The van der Waals surface area contributed by atoms with Crippen LogP contribution in [-0.4, -0.2) is 63.3 Å². The van der Waals surface area contributed by atoms with Crippen LogP contribution < -0.4 is 9.47 Å². The van der Waals surface area contributed by atoms with Crippen LogP contribution in [0, 0.1) is 5.92 Å². The first kappa shape index (κ1) is 32.1. The average molecular weight is 616 g/mol. The zero-order valence-corrected chi connectivity index (χ0v) is 25.9. The number of likely N-dealkylation sites (tertiary alicyclic amines) is 1. The third kappa shape index (κ3) is 8.04. The first-order valence-corrected chi connectivity index (χ1v) is 15.3. The number of hydrogen-bond acceptors (Lipinski definition) is 8. The summed E-state index contributed by atoms with van der Waals surface area (Å²) < 4.78 is 33.3. The molecule has 0 aromatic heterocycles. The molecule has 3 aromatic carbocycles. The van der Waals surface area contributed by atoms with Gasteiger partial charge in [0, 0.05) is 6.61 Å². The molecule has 2 saturated heterocycles. The highest BCUT2D eigenvalue weighted by Gasteiger charge is 2.51. The molecule has 0 aliphatic carbocycles. The molecule has 0 radical (unpaired) electrons. The standard InChI is InChI=1S/C36H41NO8/c1-25(23-44-32-11-7-8-21-42-32)33-31(20-22-43-36(39)45-24-26-9-5-4-6-10-26)35(38)37(33)34(27-12-16-29(40-2)17-13-27)28-14-18-30(41-3)19-15-28/h4-6,9-10,12-19,31-34H,1,7-8,11,20-24H2,2-3H3/t31-,32+,33+/m0/s1. The number of carbonyl (C=O) groups excluding carboxylic acids is 2. The molecule has 2 aliphatic rings. The number of benzene rings is 3. The smallest absolute Gasteiger partial charge is 0.497 e. The summed E-state index contributed by atoms with van der Waals surface area (Å²) in [7, 11) is 3.24. The van der Waals surface area contributed by atoms with Crippen LogP contribution in [0.15, 0.2) is 91.0 Å². The number of rotatable bonds is 14. The Kier molecular flexibility index (Phi) is 11.1. The predicted octanol–water partition coefficient (Wildman–Crippen LogP) is 6.46. The second kappa shape index (κ2) is 15.6. The molecule has 2 aliphatic heterocycles. The Morgan fingerprint density at radius 3 is 2.13 bits per heavy atom. The highest BCUT2D eigenvalue weighted by atomic mass is 16.7. The van der Waals surface area contributed by atoms with Gasteiger partial charge in [-0.3, -0.25) is 4.79 Å². The van der Waals surface area contributed by atoms with E-state index in [1.54, 1.807) is 14.2 Å². The summed E-state index contributed by atoms with van der Waals surface area (Å²) in [6, 6.07) is 24.0. The van der Waals surface area contributed by atoms with Crippen molar-refractivity contribution < 1.29 is 38.0 Å². The lowest BCUT2D eigenvalue weighted by molar-refractivity contribution is -0.166. The molecule has 9 nitrogen and oxygen atoms in total.